The lowest BCUT2D eigenvalue weighted by Gasteiger charge is -2.04. The average Bonchev–Trinajstić information content (AvgIpc) is 2.81. The molecule has 1 aromatic heterocycles. The Bertz CT molecular complexity index is 566. The maximum atomic E-state index is 13.3. The minimum absolute atomic E-state index is 0.135. The molecule has 2 rings (SSSR count). The number of halogens is 1. The Morgan fingerprint density at radius 1 is 1.42 bits per heavy atom. The molecular formula is C14H15FN2O2. The number of benzene rings is 1. The minimum Gasteiger partial charge on any atom is -0.361 e. The van der Waals surface area contributed by atoms with Gasteiger partial charge < -0.3 is 9.84 Å². The molecule has 1 heterocycles. The summed E-state index contributed by atoms with van der Waals surface area (Å²) in [4.78, 5) is 11.6. The van der Waals surface area contributed by atoms with Crippen LogP contribution in [0.25, 0.3) is 0 Å². The molecule has 0 radical (unpaired) electrons. The number of aryl methyl sites for hydroxylation is 2. The van der Waals surface area contributed by atoms with Gasteiger partial charge in [-0.15, -0.1) is 0 Å². The van der Waals surface area contributed by atoms with E-state index in [-0.39, 0.29) is 18.1 Å². The van der Waals surface area contributed by atoms with Gasteiger partial charge >= 0.3 is 0 Å². The number of hydrogen-bond acceptors (Lipinski definition) is 3. The first-order chi connectivity index (χ1) is 9.15. The van der Waals surface area contributed by atoms with Gasteiger partial charge in [-0.1, -0.05) is 23.4 Å². The Balaban J connectivity index is 1.77. The summed E-state index contributed by atoms with van der Waals surface area (Å²) in [6, 6.07) is 8.23. The monoisotopic (exact) mass is 262 g/mol. The molecule has 5 heteroatoms. The fraction of sp³-hybridized carbons (Fsp3) is 0.286. The van der Waals surface area contributed by atoms with Crippen LogP contribution in [0.1, 0.15) is 23.4 Å². The van der Waals surface area contributed by atoms with Crippen molar-refractivity contribution in [3.8, 4) is 0 Å². The molecule has 0 aliphatic heterocycles. The van der Waals surface area contributed by atoms with Crippen molar-refractivity contribution in [2.75, 3.05) is 0 Å². The van der Waals surface area contributed by atoms with E-state index >= 15 is 0 Å². The number of carbonyl (C=O) groups excluding carboxylic acids is 1. The van der Waals surface area contributed by atoms with Crippen molar-refractivity contribution in [2.24, 2.45) is 0 Å². The zero-order valence-electron chi connectivity index (χ0n) is 10.6. The number of carbonyl (C=O) groups is 1. The molecule has 1 aromatic carbocycles. The molecule has 0 saturated carbocycles. The lowest BCUT2D eigenvalue weighted by Crippen LogP contribution is -2.23. The lowest BCUT2D eigenvalue weighted by molar-refractivity contribution is -0.121. The van der Waals surface area contributed by atoms with Crippen molar-refractivity contribution in [3.63, 3.8) is 0 Å². The summed E-state index contributed by atoms with van der Waals surface area (Å²) < 4.78 is 18.2. The minimum atomic E-state index is -0.276. The van der Waals surface area contributed by atoms with Gasteiger partial charge in [0, 0.05) is 12.5 Å². The third kappa shape index (κ3) is 3.91. The Hall–Kier alpha value is -2.17. The Kier molecular flexibility index (Phi) is 4.28. The molecule has 4 nitrogen and oxygen atoms in total. The number of rotatable bonds is 5. The van der Waals surface area contributed by atoms with Crippen LogP contribution >= 0.6 is 0 Å². The van der Waals surface area contributed by atoms with Crippen LogP contribution in [-0.2, 0) is 17.8 Å². The second-order valence-electron chi connectivity index (χ2n) is 4.30. The third-order valence-corrected chi connectivity index (χ3v) is 2.72. The van der Waals surface area contributed by atoms with E-state index in [1.54, 1.807) is 31.2 Å². The summed E-state index contributed by atoms with van der Waals surface area (Å²) in [5.74, 6) is 0.293. The highest BCUT2D eigenvalue weighted by Crippen LogP contribution is 2.08. The summed E-state index contributed by atoms with van der Waals surface area (Å²) in [6.07, 6.45) is 0.633. The highest BCUT2D eigenvalue weighted by atomic mass is 19.1. The fourth-order valence-electron chi connectivity index (χ4n) is 1.73. The quantitative estimate of drug-likeness (QED) is 0.900. The topological polar surface area (TPSA) is 55.1 Å². The van der Waals surface area contributed by atoms with Gasteiger partial charge in [0.05, 0.1) is 6.54 Å². The molecule has 2 aromatic rings. The molecule has 100 valence electrons. The third-order valence-electron chi connectivity index (χ3n) is 2.72. The summed E-state index contributed by atoms with van der Waals surface area (Å²) in [6.45, 7) is 2.12. The van der Waals surface area contributed by atoms with Crippen LogP contribution in [0.5, 0.6) is 0 Å². The van der Waals surface area contributed by atoms with Crippen LogP contribution in [-0.4, -0.2) is 11.1 Å². The first kappa shape index (κ1) is 13.3. The van der Waals surface area contributed by atoms with Gasteiger partial charge in [-0.3, -0.25) is 4.79 Å². The molecular weight excluding hydrogens is 247 g/mol. The second-order valence-corrected chi connectivity index (χ2v) is 4.30. The number of amides is 1. The first-order valence-electron chi connectivity index (χ1n) is 6.07. The highest BCUT2D eigenvalue weighted by molar-refractivity contribution is 5.76. The number of nitrogens with zero attached hydrogens (tertiary/aromatic N) is 1. The van der Waals surface area contributed by atoms with Crippen LogP contribution in [0.2, 0.25) is 0 Å². The molecule has 0 saturated heterocycles. The number of nitrogens with one attached hydrogen (secondary N) is 1. The Labute approximate surface area is 110 Å². The van der Waals surface area contributed by atoms with Crippen LogP contribution in [0.4, 0.5) is 4.39 Å². The summed E-state index contributed by atoms with van der Waals surface area (Å²) >= 11 is 0. The van der Waals surface area contributed by atoms with Crippen LogP contribution in [0.15, 0.2) is 34.9 Å². The second kappa shape index (κ2) is 6.13. The summed E-state index contributed by atoms with van der Waals surface area (Å²) in [7, 11) is 0. The van der Waals surface area contributed by atoms with Gasteiger partial charge in [0.15, 0.2) is 0 Å². The molecule has 0 fully saturated rings. The Morgan fingerprint density at radius 2 is 2.21 bits per heavy atom. The van der Waals surface area contributed by atoms with Crippen molar-refractivity contribution in [1.82, 2.24) is 10.5 Å². The molecule has 1 amide bonds. The first-order valence-corrected chi connectivity index (χ1v) is 6.07. The van der Waals surface area contributed by atoms with Crippen LogP contribution in [0, 0.1) is 12.7 Å². The fourth-order valence-corrected chi connectivity index (χ4v) is 1.73. The normalized spacial score (nSPS) is 10.4. The molecule has 19 heavy (non-hydrogen) atoms. The van der Waals surface area contributed by atoms with Crippen molar-refractivity contribution in [3.05, 3.63) is 53.2 Å². The largest absolute Gasteiger partial charge is 0.361 e. The van der Waals surface area contributed by atoms with Crippen molar-refractivity contribution < 1.29 is 13.7 Å². The maximum absolute atomic E-state index is 13.3. The van der Waals surface area contributed by atoms with Crippen LogP contribution < -0.4 is 5.32 Å². The van der Waals surface area contributed by atoms with E-state index in [0.717, 1.165) is 0 Å². The SMILES string of the molecule is Cc1cc(CNC(=O)CCc2ccccc2F)no1. The highest BCUT2D eigenvalue weighted by Gasteiger charge is 2.07. The van der Waals surface area contributed by atoms with Crippen LogP contribution in [0.3, 0.4) is 0 Å². The van der Waals surface area contributed by atoms with Gasteiger partial charge in [-0.05, 0) is 25.0 Å². The molecule has 0 aliphatic rings. The zero-order chi connectivity index (χ0) is 13.7. The molecule has 0 spiro atoms. The standard InChI is InChI=1S/C14H15FN2O2/c1-10-8-12(17-19-10)9-16-14(18)7-6-11-4-2-3-5-13(11)15/h2-5,8H,6-7,9H2,1H3,(H,16,18). The summed E-state index contributed by atoms with van der Waals surface area (Å²) in [5, 5.41) is 6.49. The van der Waals surface area contributed by atoms with Gasteiger partial charge in [-0.2, -0.15) is 0 Å². The zero-order valence-corrected chi connectivity index (χ0v) is 10.6. The van der Waals surface area contributed by atoms with E-state index in [1.165, 1.54) is 6.07 Å². The number of aromatic nitrogens is 1. The van der Waals surface area contributed by atoms with E-state index in [9.17, 15) is 9.18 Å². The molecule has 0 aliphatic carbocycles. The van der Waals surface area contributed by atoms with E-state index in [0.29, 0.717) is 30.0 Å². The van der Waals surface area contributed by atoms with E-state index < -0.39 is 0 Å². The number of hydrogen-bond donors (Lipinski definition) is 1. The predicted molar refractivity (Wildman–Crippen MR) is 67.8 cm³/mol. The molecule has 0 atom stereocenters. The van der Waals surface area contributed by atoms with Crippen molar-refractivity contribution in [2.45, 2.75) is 26.3 Å². The van der Waals surface area contributed by atoms with E-state index in [2.05, 4.69) is 10.5 Å². The van der Waals surface area contributed by atoms with Gasteiger partial charge in [-0.25, -0.2) is 4.39 Å². The van der Waals surface area contributed by atoms with Gasteiger partial charge in [0.1, 0.15) is 17.3 Å². The Morgan fingerprint density at radius 3 is 2.89 bits per heavy atom. The van der Waals surface area contributed by atoms with Gasteiger partial charge in [0.2, 0.25) is 5.91 Å². The lowest BCUT2D eigenvalue weighted by atomic mass is 10.1. The molecule has 0 unspecified atom stereocenters. The van der Waals surface area contributed by atoms with Crippen molar-refractivity contribution >= 4 is 5.91 Å². The van der Waals surface area contributed by atoms with Crippen molar-refractivity contribution in [1.29, 1.82) is 0 Å². The van der Waals surface area contributed by atoms with E-state index in [1.807, 2.05) is 0 Å². The van der Waals surface area contributed by atoms with E-state index in [4.69, 9.17) is 4.52 Å². The average molecular weight is 262 g/mol. The summed E-state index contributed by atoms with van der Waals surface area (Å²) in [5.41, 5.74) is 1.23. The molecule has 0 bridgehead atoms. The smallest absolute Gasteiger partial charge is 0.220 e. The maximum Gasteiger partial charge on any atom is 0.220 e. The van der Waals surface area contributed by atoms with Gasteiger partial charge in [0.25, 0.3) is 0 Å². The predicted octanol–water partition coefficient (Wildman–Crippen LogP) is 2.37. The molecule has 1 N–H and O–H groups in total.